The minimum atomic E-state index is -0.250. The molecule has 2 atom stereocenters. The smallest absolute Gasteiger partial charge is 0.332 e. The summed E-state index contributed by atoms with van der Waals surface area (Å²) in [4.78, 5) is 11.4. The van der Waals surface area contributed by atoms with Gasteiger partial charge >= 0.3 is 5.97 Å². The van der Waals surface area contributed by atoms with Crippen LogP contribution in [0.25, 0.3) is 0 Å². The van der Waals surface area contributed by atoms with E-state index in [1.165, 1.54) is 12.8 Å². The van der Waals surface area contributed by atoms with E-state index in [0.717, 1.165) is 25.7 Å². The predicted octanol–water partition coefficient (Wildman–Crippen LogP) is 1.86. The van der Waals surface area contributed by atoms with Crippen LogP contribution < -0.4 is 5.73 Å². The Hall–Kier alpha value is -0.610. The summed E-state index contributed by atoms with van der Waals surface area (Å²) in [7, 11) is 0. The van der Waals surface area contributed by atoms with Gasteiger partial charge in [0.05, 0.1) is 12.7 Å². The van der Waals surface area contributed by atoms with Gasteiger partial charge in [0, 0.05) is 0 Å². The number of nitrogens with two attached hydrogens (primary N) is 1. The van der Waals surface area contributed by atoms with Gasteiger partial charge in [-0.1, -0.05) is 26.2 Å². The molecule has 2 N–H and O–H groups in total. The molecule has 1 rings (SSSR count). The van der Waals surface area contributed by atoms with Crippen LogP contribution in [-0.2, 0) is 14.3 Å². The summed E-state index contributed by atoms with van der Waals surface area (Å²) >= 11 is 0. The summed E-state index contributed by atoms with van der Waals surface area (Å²) in [6, 6.07) is 0. The molecule has 100 valence electrons. The van der Waals surface area contributed by atoms with Gasteiger partial charge < -0.3 is 15.2 Å². The van der Waals surface area contributed by atoms with E-state index in [9.17, 15) is 4.79 Å². The van der Waals surface area contributed by atoms with Crippen LogP contribution in [0.3, 0.4) is 0 Å². The third-order valence-electron chi connectivity index (χ3n) is 3.32. The number of ether oxygens (including phenoxy) is 2. The number of hydrogen-bond donors (Lipinski definition) is 1. The Kier molecular flexibility index (Phi) is 7.21. The first-order valence-electron chi connectivity index (χ1n) is 6.75. The second-order valence-electron chi connectivity index (χ2n) is 4.70. The molecule has 0 aliphatic heterocycles. The molecule has 0 bridgehead atoms. The molecule has 1 fully saturated rings. The zero-order valence-corrected chi connectivity index (χ0v) is 10.8. The molecule has 1 saturated carbocycles. The van der Waals surface area contributed by atoms with Crippen molar-refractivity contribution in [2.75, 3.05) is 19.8 Å². The number of hydrogen-bond acceptors (Lipinski definition) is 4. The van der Waals surface area contributed by atoms with Crippen molar-refractivity contribution in [1.82, 2.24) is 0 Å². The average molecular weight is 243 g/mol. The summed E-state index contributed by atoms with van der Waals surface area (Å²) in [5.41, 5.74) is 5.70. The summed E-state index contributed by atoms with van der Waals surface area (Å²) in [6.07, 6.45) is 6.63. The van der Waals surface area contributed by atoms with E-state index >= 15 is 0 Å². The van der Waals surface area contributed by atoms with Gasteiger partial charge in [0.15, 0.2) is 0 Å². The van der Waals surface area contributed by atoms with Gasteiger partial charge in [-0.15, -0.1) is 0 Å². The molecule has 0 aromatic carbocycles. The molecule has 0 spiro atoms. The molecule has 2 unspecified atom stereocenters. The van der Waals surface area contributed by atoms with E-state index in [2.05, 4.69) is 6.92 Å². The van der Waals surface area contributed by atoms with Crippen LogP contribution in [0.5, 0.6) is 0 Å². The lowest BCUT2D eigenvalue weighted by Crippen LogP contribution is -2.34. The molecular weight excluding hydrogens is 218 g/mol. The van der Waals surface area contributed by atoms with E-state index in [1.54, 1.807) is 0 Å². The Balaban J connectivity index is 2.17. The standard InChI is InChI=1S/C13H25NO3/c1-2-3-8-16-13(15)10-17-12-7-5-4-6-11(12)9-14/h11-12H,2-10,14H2,1H3. The van der Waals surface area contributed by atoms with E-state index in [0.29, 0.717) is 19.1 Å². The first kappa shape index (κ1) is 14.5. The van der Waals surface area contributed by atoms with Crippen molar-refractivity contribution in [3.8, 4) is 0 Å². The molecule has 0 radical (unpaired) electrons. The van der Waals surface area contributed by atoms with Crippen molar-refractivity contribution in [2.24, 2.45) is 11.7 Å². The Morgan fingerprint density at radius 3 is 2.82 bits per heavy atom. The average Bonchev–Trinajstić information content (AvgIpc) is 2.37. The fourth-order valence-corrected chi connectivity index (χ4v) is 2.21. The minimum absolute atomic E-state index is 0.0743. The van der Waals surface area contributed by atoms with E-state index in [4.69, 9.17) is 15.2 Å². The maximum Gasteiger partial charge on any atom is 0.332 e. The Morgan fingerprint density at radius 1 is 1.35 bits per heavy atom. The zero-order chi connectivity index (χ0) is 12.5. The highest BCUT2D eigenvalue weighted by atomic mass is 16.6. The monoisotopic (exact) mass is 243 g/mol. The maximum absolute atomic E-state index is 11.4. The molecule has 0 saturated heterocycles. The second-order valence-corrected chi connectivity index (χ2v) is 4.70. The Labute approximate surface area is 104 Å². The van der Waals surface area contributed by atoms with Crippen molar-refractivity contribution in [3.05, 3.63) is 0 Å². The largest absolute Gasteiger partial charge is 0.464 e. The molecule has 17 heavy (non-hydrogen) atoms. The molecule has 4 heteroatoms. The molecule has 0 heterocycles. The van der Waals surface area contributed by atoms with Crippen LogP contribution in [0.2, 0.25) is 0 Å². The lowest BCUT2D eigenvalue weighted by molar-refractivity contribution is -0.153. The fraction of sp³-hybridized carbons (Fsp3) is 0.923. The first-order valence-corrected chi connectivity index (χ1v) is 6.75. The highest BCUT2D eigenvalue weighted by Gasteiger charge is 2.25. The molecular formula is C13H25NO3. The highest BCUT2D eigenvalue weighted by Crippen LogP contribution is 2.25. The number of unbranched alkanes of at least 4 members (excludes halogenated alkanes) is 1. The van der Waals surface area contributed by atoms with E-state index < -0.39 is 0 Å². The second kappa shape index (κ2) is 8.48. The third-order valence-corrected chi connectivity index (χ3v) is 3.32. The topological polar surface area (TPSA) is 61.5 Å². The van der Waals surface area contributed by atoms with Crippen molar-refractivity contribution < 1.29 is 14.3 Å². The van der Waals surface area contributed by atoms with Crippen molar-refractivity contribution in [2.45, 2.75) is 51.6 Å². The molecule has 1 aliphatic rings. The lowest BCUT2D eigenvalue weighted by Gasteiger charge is -2.30. The van der Waals surface area contributed by atoms with E-state index in [-0.39, 0.29) is 18.7 Å². The number of carbonyl (C=O) groups is 1. The third kappa shape index (κ3) is 5.50. The lowest BCUT2D eigenvalue weighted by atomic mass is 9.86. The molecule has 0 aromatic rings. The minimum Gasteiger partial charge on any atom is -0.464 e. The first-order chi connectivity index (χ1) is 8.27. The normalized spacial score (nSPS) is 24.6. The predicted molar refractivity (Wildman–Crippen MR) is 66.6 cm³/mol. The van der Waals surface area contributed by atoms with E-state index in [1.807, 2.05) is 0 Å². The van der Waals surface area contributed by atoms with Gasteiger partial charge in [0.25, 0.3) is 0 Å². The molecule has 1 aliphatic carbocycles. The summed E-state index contributed by atoms with van der Waals surface area (Å²) in [5.74, 6) is 0.159. The van der Waals surface area contributed by atoms with Crippen molar-refractivity contribution in [1.29, 1.82) is 0 Å². The van der Waals surface area contributed by atoms with Gasteiger partial charge in [0.2, 0.25) is 0 Å². The van der Waals surface area contributed by atoms with Crippen LogP contribution in [0.1, 0.15) is 45.4 Å². The van der Waals surface area contributed by atoms with Crippen LogP contribution in [0, 0.1) is 5.92 Å². The van der Waals surface area contributed by atoms with Crippen LogP contribution in [0.15, 0.2) is 0 Å². The van der Waals surface area contributed by atoms with Gasteiger partial charge in [-0.05, 0) is 31.7 Å². The number of esters is 1. The Bertz CT molecular complexity index is 221. The van der Waals surface area contributed by atoms with Crippen LogP contribution in [-0.4, -0.2) is 31.8 Å². The molecule has 4 nitrogen and oxygen atoms in total. The summed E-state index contributed by atoms with van der Waals surface area (Å²) < 4.78 is 10.7. The molecule has 0 aromatic heterocycles. The van der Waals surface area contributed by atoms with Gasteiger partial charge in [-0.25, -0.2) is 4.79 Å². The van der Waals surface area contributed by atoms with Crippen molar-refractivity contribution in [3.63, 3.8) is 0 Å². The van der Waals surface area contributed by atoms with Crippen LogP contribution in [0.4, 0.5) is 0 Å². The summed E-state index contributed by atoms with van der Waals surface area (Å²) in [6.45, 7) is 3.29. The fourth-order valence-electron chi connectivity index (χ4n) is 2.21. The van der Waals surface area contributed by atoms with Gasteiger partial charge in [0.1, 0.15) is 6.61 Å². The zero-order valence-electron chi connectivity index (χ0n) is 10.8. The summed E-state index contributed by atoms with van der Waals surface area (Å²) in [5, 5.41) is 0. The SMILES string of the molecule is CCCCOC(=O)COC1CCCCC1CN. The maximum atomic E-state index is 11.4. The highest BCUT2D eigenvalue weighted by molar-refractivity contribution is 5.70. The van der Waals surface area contributed by atoms with Crippen molar-refractivity contribution >= 4 is 5.97 Å². The number of rotatable bonds is 7. The Morgan fingerprint density at radius 2 is 2.12 bits per heavy atom. The number of carbonyl (C=O) groups excluding carboxylic acids is 1. The van der Waals surface area contributed by atoms with Gasteiger partial charge in [-0.2, -0.15) is 0 Å². The van der Waals surface area contributed by atoms with Crippen LogP contribution >= 0.6 is 0 Å². The molecule has 0 amide bonds. The quantitative estimate of drug-likeness (QED) is 0.547. The van der Waals surface area contributed by atoms with Gasteiger partial charge in [-0.3, -0.25) is 0 Å².